The zero-order chi connectivity index (χ0) is 13.1. The molecule has 0 radical (unpaired) electrons. The fourth-order valence-electron chi connectivity index (χ4n) is 1.28. The van der Waals surface area contributed by atoms with Crippen LogP contribution in [0.4, 0.5) is 0 Å². The summed E-state index contributed by atoms with van der Waals surface area (Å²) < 4.78 is 7.28. The largest absolute Gasteiger partial charge is 0.413 e. The maximum absolute atomic E-state index is 6.22. The molecule has 0 amide bonds. The van der Waals surface area contributed by atoms with Crippen LogP contribution >= 0.6 is 22.6 Å². The zero-order valence-electron chi connectivity index (χ0n) is 11.5. The number of halogens is 1. The molecule has 1 aromatic rings. The summed E-state index contributed by atoms with van der Waals surface area (Å²) in [6, 6.07) is 8.70. The molecule has 0 aliphatic rings. The fraction of sp³-hybridized carbons (Fsp3) is 0.571. The summed E-state index contributed by atoms with van der Waals surface area (Å²) in [5.41, 5.74) is 2.67. The monoisotopic (exact) mass is 362 g/mol. The van der Waals surface area contributed by atoms with Gasteiger partial charge in [0.2, 0.25) is 0 Å². The van der Waals surface area contributed by atoms with Crippen LogP contribution in [0.15, 0.2) is 24.3 Å². The predicted molar refractivity (Wildman–Crippen MR) is 86.2 cm³/mol. The third-order valence-electron chi connectivity index (χ3n) is 3.55. The highest BCUT2D eigenvalue weighted by Crippen LogP contribution is 2.37. The molecular weight excluding hydrogens is 339 g/mol. The molecule has 17 heavy (non-hydrogen) atoms. The standard InChI is InChI=1S/C14H23IOSi/c1-14(2,3)17(4,5)16-11-13-8-6-7-12(9-13)10-15/h6-9H,10-11H2,1-5H3. The molecular formula is C14H23IOSi. The van der Waals surface area contributed by atoms with Gasteiger partial charge in [-0.3, -0.25) is 0 Å². The van der Waals surface area contributed by atoms with Gasteiger partial charge in [-0.1, -0.05) is 67.6 Å². The summed E-state index contributed by atoms with van der Waals surface area (Å²) in [6.45, 7) is 12.2. The van der Waals surface area contributed by atoms with Crippen LogP contribution in [0.1, 0.15) is 31.9 Å². The Balaban J connectivity index is 2.67. The van der Waals surface area contributed by atoms with Crippen molar-refractivity contribution in [2.24, 2.45) is 0 Å². The number of hydrogen-bond acceptors (Lipinski definition) is 1. The Kier molecular flexibility index (Phi) is 5.22. The SMILES string of the molecule is CC(C)(C)[Si](C)(C)OCc1cccc(CI)c1. The summed E-state index contributed by atoms with van der Waals surface area (Å²) in [5, 5.41) is 0.286. The van der Waals surface area contributed by atoms with E-state index in [9.17, 15) is 0 Å². The van der Waals surface area contributed by atoms with Crippen molar-refractivity contribution in [2.75, 3.05) is 0 Å². The summed E-state index contributed by atoms with van der Waals surface area (Å²) >= 11 is 2.40. The van der Waals surface area contributed by atoms with Crippen molar-refractivity contribution in [3.8, 4) is 0 Å². The van der Waals surface area contributed by atoms with E-state index in [1.54, 1.807) is 0 Å². The Morgan fingerprint density at radius 2 is 1.76 bits per heavy atom. The van der Waals surface area contributed by atoms with Crippen molar-refractivity contribution in [2.45, 2.75) is 49.9 Å². The molecule has 0 saturated heterocycles. The Labute approximate surface area is 120 Å². The van der Waals surface area contributed by atoms with Gasteiger partial charge in [-0.2, -0.15) is 0 Å². The van der Waals surface area contributed by atoms with E-state index in [4.69, 9.17) is 4.43 Å². The lowest BCUT2D eigenvalue weighted by Crippen LogP contribution is -2.40. The summed E-state index contributed by atoms with van der Waals surface area (Å²) in [5.74, 6) is 0. The van der Waals surface area contributed by atoms with Gasteiger partial charge in [0.15, 0.2) is 8.32 Å². The van der Waals surface area contributed by atoms with E-state index in [-0.39, 0.29) is 5.04 Å². The lowest BCUT2D eigenvalue weighted by molar-refractivity contribution is 0.276. The molecule has 0 N–H and O–H groups in total. The maximum Gasteiger partial charge on any atom is 0.192 e. The highest BCUT2D eigenvalue weighted by Gasteiger charge is 2.36. The number of rotatable bonds is 4. The molecule has 1 aromatic carbocycles. The van der Waals surface area contributed by atoms with Crippen molar-refractivity contribution < 1.29 is 4.43 Å². The van der Waals surface area contributed by atoms with Gasteiger partial charge in [0, 0.05) is 4.43 Å². The van der Waals surface area contributed by atoms with E-state index in [2.05, 4.69) is 80.7 Å². The quantitative estimate of drug-likeness (QED) is 0.409. The third-order valence-corrected chi connectivity index (χ3v) is 8.91. The minimum Gasteiger partial charge on any atom is -0.413 e. The second-order valence-corrected chi connectivity index (χ2v) is 11.6. The zero-order valence-corrected chi connectivity index (χ0v) is 14.7. The molecule has 96 valence electrons. The molecule has 1 nitrogen and oxygen atoms in total. The Hall–Kier alpha value is 0.127. The fourth-order valence-corrected chi connectivity index (χ4v) is 2.72. The first-order valence-electron chi connectivity index (χ1n) is 6.04. The van der Waals surface area contributed by atoms with Gasteiger partial charge in [0.05, 0.1) is 6.61 Å². The van der Waals surface area contributed by atoms with Crippen molar-refractivity contribution >= 4 is 30.9 Å². The van der Waals surface area contributed by atoms with Gasteiger partial charge >= 0.3 is 0 Å². The van der Waals surface area contributed by atoms with Crippen molar-refractivity contribution in [1.82, 2.24) is 0 Å². The summed E-state index contributed by atoms with van der Waals surface area (Å²) in [6.07, 6.45) is 0. The van der Waals surface area contributed by atoms with E-state index < -0.39 is 8.32 Å². The lowest BCUT2D eigenvalue weighted by Gasteiger charge is -2.36. The van der Waals surface area contributed by atoms with E-state index >= 15 is 0 Å². The Morgan fingerprint density at radius 3 is 2.29 bits per heavy atom. The number of hydrogen-bond donors (Lipinski definition) is 0. The summed E-state index contributed by atoms with van der Waals surface area (Å²) in [4.78, 5) is 0. The Bertz CT molecular complexity index is 369. The highest BCUT2D eigenvalue weighted by molar-refractivity contribution is 14.1. The van der Waals surface area contributed by atoms with Gasteiger partial charge in [0.25, 0.3) is 0 Å². The molecule has 0 saturated carbocycles. The summed E-state index contributed by atoms with van der Waals surface area (Å²) in [7, 11) is -1.62. The molecule has 3 heteroatoms. The molecule has 0 fully saturated rings. The molecule has 0 atom stereocenters. The van der Waals surface area contributed by atoms with Gasteiger partial charge < -0.3 is 4.43 Å². The molecule has 0 aliphatic carbocycles. The van der Waals surface area contributed by atoms with Crippen LogP contribution in [0.3, 0.4) is 0 Å². The van der Waals surface area contributed by atoms with Crippen LogP contribution in [-0.2, 0) is 15.5 Å². The van der Waals surface area contributed by atoms with Crippen LogP contribution in [0.5, 0.6) is 0 Å². The van der Waals surface area contributed by atoms with E-state index in [1.807, 2.05) is 0 Å². The van der Waals surface area contributed by atoms with Crippen LogP contribution in [0.2, 0.25) is 18.1 Å². The number of alkyl halides is 1. The van der Waals surface area contributed by atoms with E-state index in [0.29, 0.717) is 0 Å². The third kappa shape index (κ3) is 4.37. The Morgan fingerprint density at radius 1 is 1.18 bits per heavy atom. The van der Waals surface area contributed by atoms with Crippen LogP contribution in [0.25, 0.3) is 0 Å². The second kappa shape index (κ2) is 5.84. The average molecular weight is 362 g/mol. The van der Waals surface area contributed by atoms with Crippen molar-refractivity contribution in [3.63, 3.8) is 0 Å². The lowest BCUT2D eigenvalue weighted by atomic mass is 10.1. The van der Waals surface area contributed by atoms with Crippen LogP contribution in [0, 0.1) is 0 Å². The molecule has 1 rings (SSSR count). The first-order chi connectivity index (χ1) is 7.76. The number of benzene rings is 1. The van der Waals surface area contributed by atoms with E-state index in [0.717, 1.165) is 11.0 Å². The molecule has 0 aliphatic heterocycles. The molecule has 0 spiro atoms. The van der Waals surface area contributed by atoms with Gasteiger partial charge in [0.1, 0.15) is 0 Å². The van der Waals surface area contributed by atoms with Crippen molar-refractivity contribution in [3.05, 3.63) is 35.4 Å². The molecule has 0 bridgehead atoms. The average Bonchev–Trinajstić information content (AvgIpc) is 2.25. The van der Waals surface area contributed by atoms with Crippen LogP contribution in [-0.4, -0.2) is 8.32 Å². The molecule has 0 unspecified atom stereocenters. The smallest absolute Gasteiger partial charge is 0.192 e. The van der Waals surface area contributed by atoms with Gasteiger partial charge in [-0.05, 0) is 29.3 Å². The molecule has 0 aromatic heterocycles. The first-order valence-corrected chi connectivity index (χ1v) is 10.5. The van der Waals surface area contributed by atoms with Crippen molar-refractivity contribution in [1.29, 1.82) is 0 Å². The topological polar surface area (TPSA) is 9.23 Å². The van der Waals surface area contributed by atoms with Gasteiger partial charge in [-0.25, -0.2) is 0 Å². The second-order valence-electron chi connectivity index (χ2n) is 6.00. The van der Waals surface area contributed by atoms with Crippen LogP contribution < -0.4 is 0 Å². The molecule has 0 heterocycles. The first kappa shape index (κ1) is 15.2. The maximum atomic E-state index is 6.22. The normalized spacial score (nSPS) is 12.8. The van der Waals surface area contributed by atoms with E-state index in [1.165, 1.54) is 11.1 Å². The minimum absolute atomic E-state index is 0.286. The minimum atomic E-state index is -1.62. The van der Waals surface area contributed by atoms with Gasteiger partial charge in [-0.15, -0.1) is 0 Å². The highest BCUT2D eigenvalue weighted by atomic mass is 127. The predicted octanol–water partition coefficient (Wildman–Crippen LogP) is 5.14.